The van der Waals surface area contributed by atoms with E-state index in [1.165, 1.54) is 11.8 Å². The third-order valence-corrected chi connectivity index (χ3v) is 6.57. The van der Waals surface area contributed by atoms with Crippen LogP contribution in [0.3, 0.4) is 0 Å². The lowest BCUT2D eigenvalue weighted by atomic mass is 10.0. The zero-order valence-electron chi connectivity index (χ0n) is 15.3. The Bertz CT molecular complexity index is 968. The van der Waals surface area contributed by atoms with Crippen LogP contribution in [0.4, 0.5) is 10.5 Å². The zero-order chi connectivity index (χ0) is 19.6. The first kappa shape index (κ1) is 19.1. The number of sulfone groups is 1. The van der Waals surface area contributed by atoms with E-state index in [2.05, 4.69) is 5.32 Å². The molecular weight excluding hydrogens is 364 g/mol. The van der Waals surface area contributed by atoms with Crippen LogP contribution < -0.4 is 5.32 Å². The Morgan fingerprint density at radius 2 is 1.78 bits per heavy atom. The van der Waals surface area contributed by atoms with Crippen LogP contribution in [-0.2, 0) is 9.84 Å². The number of nitrogens with one attached hydrogen (secondary N) is 1. The molecule has 2 amide bonds. The summed E-state index contributed by atoms with van der Waals surface area (Å²) in [7, 11) is -1.42. The molecule has 0 bridgehead atoms. The fourth-order valence-electron chi connectivity index (χ4n) is 3.12. The topological polar surface area (TPSA) is 83.6 Å². The van der Waals surface area contributed by atoms with E-state index in [1.807, 2.05) is 30.3 Å². The van der Waals surface area contributed by atoms with Crippen LogP contribution in [0.2, 0.25) is 0 Å². The van der Waals surface area contributed by atoms with Gasteiger partial charge in [0.05, 0.1) is 11.5 Å². The number of ketones is 1. The average molecular weight is 386 g/mol. The molecule has 0 spiro atoms. The number of amides is 2. The first-order valence-corrected chi connectivity index (χ1v) is 10.5. The van der Waals surface area contributed by atoms with Crippen LogP contribution in [0, 0.1) is 0 Å². The first-order chi connectivity index (χ1) is 12.7. The number of nitrogens with zero attached hydrogens (tertiary/aromatic N) is 1. The molecule has 3 rings (SSSR count). The van der Waals surface area contributed by atoms with E-state index in [0.29, 0.717) is 17.7 Å². The van der Waals surface area contributed by atoms with Crippen molar-refractivity contribution in [2.24, 2.45) is 0 Å². The summed E-state index contributed by atoms with van der Waals surface area (Å²) in [6, 6.07) is 14.1. The Morgan fingerprint density at radius 3 is 2.37 bits per heavy atom. The number of rotatable bonds is 4. The van der Waals surface area contributed by atoms with Gasteiger partial charge in [-0.25, -0.2) is 13.2 Å². The number of hydrogen-bond acceptors (Lipinski definition) is 4. The second kappa shape index (κ2) is 7.52. The molecule has 1 aliphatic rings. The Balaban J connectivity index is 1.68. The summed E-state index contributed by atoms with van der Waals surface area (Å²) < 4.78 is 23.2. The van der Waals surface area contributed by atoms with Gasteiger partial charge in [-0.05, 0) is 42.7 Å². The van der Waals surface area contributed by atoms with Crippen LogP contribution in [0.1, 0.15) is 23.7 Å². The normalized spacial score (nSPS) is 18.1. The van der Waals surface area contributed by atoms with Crippen molar-refractivity contribution in [2.75, 3.05) is 23.9 Å². The molecule has 1 unspecified atom stereocenters. The van der Waals surface area contributed by atoms with Crippen LogP contribution in [0.15, 0.2) is 48.5 Å². The van der Waals surface area contributed by atoms with Crippen molar-refractivity contribution in [3.63, 3.8) is 0 Å². The molecule has 1 aliphatic heterocycles. The summed E-state index contributed by atoms with van der Waals surface area (Å²) in [5, 5.41) is 2.79. The van der Waals surface area contributed by atoms with Crippen LogP contribution >= 0.6 is 0 Å². The molecule has 0 aliphatic carbocycles. The standard InChI is InChI=1S/C20H22N2O4S/c1-14(23)16-4-3-5-17(12-16)15-6-8-18(9-7-15)21-20(24)22(2)19-10-11-27(25,26)13-19/h3-9,12,19H,10-11,13H2,1-2H3,(H,21,24). The lowest BCUT2D eigenvalue weighted by Gasteiger charge is -2.23. The molecule has 7 heteroatoms. The van der Waals surface area contributed by atoms with Crippen molar-refractivity contribution in [1.29, 1.82) is 0 Å². The Labute approximate surface area is 159 Å². The van der Waals surface area contributed by atoms with Gasteiger partial charge in [-0.1, -0.05) is 30.3 Å². The number of hydrogen-bond donors (Lipinski definition) is 1. The Kier molecular flexibility index (Phi) is 5.32. The third kappa shape index (κ3) is 4.54. The van der Waals surface area contributed by atoms with Crippen molar-refractivity contribution in [2.45, 2.75) is 19.4 Å². The predicted octanol–water partition coefficient (Wildman–Crippen LogP) is 3.21. The molecule has 2 aromatic carbocycles. The van der Waals surface area contributed by atoms with E-state index in [9.17, 15) is 18.0 Å². The van der Waals surface area contributed by atoms with Gasteiger partial charge in [-0.3, -0.25) is 4.79 Å². The largest absolute Gasteiger partial charge is 0.324 e. The summed E-state index contributed by atoms with van der Waals surface area (Å²) in [6.07, 6.45) is 0.470. The molecule has 6 nitrogen and oxygen atoms in total. The number of urea groups is 1. The van der Waals surface area contributed by atoms with Gasteiger partial charge in [0.15, 0.2) is 15.6 Å². The van der Waals surface area contributed by atoms with Gasteiger partial charge in [-0.15, -0.1) is 0 Å². The van der Waals surface area contributed by atoms with Crippen molar-refractivity contribution >= 4 is 27.3 Å². The molecule has 0 saturated carbocycles. The van der Waals surface area contributed by atoms with E-state index in [0.717, 1.165) is 11.1 Å². The number of benzene rings is 2. The summed E-state index contributed by atoms with van der Waals surface area (Å²) in [4.78, 5) is 25.3. The maximum absolute atomic E-state index is 12.4. The maximum atomic E-state index is 12.4. The smallest absolute Gasteiger partial charge is 0.321 e. The highest BCUT2D eigenvalue weighted by Crippen LogP contribution is 2.23. The van der Waals surface area contributed by atoms with E-state index in [4.69, 9.17) is 0 Å². The highest BCUT2D eigenvalue weighted by Gasteiger charge is 2.32. The summed E-state index contributed by atoms with van der Waals surface area (Å²) in [6.45, 7) is 1.53. The van der Waals surface area contributed by atoms with Crippen LogP contribution in [-0.4, -0.2) is 49.7 Å². The Hall–Kier alpha value is -2.67. The second-order valence-corrected chi connectivity index (χ2v) is 9.04. The van der Waals surface area contributed by atoms with Crippen LogP contribution in [0.5, 0.6) is 0 Å². The van der Waals surface area contributed by atoms with Gasteiger partial charge in [0.1, 0.15) is 0 Å². The molecule has 2 aromatic rings. The fraction of sp³-hybridized carbons (Fsp3) is 0.300. The Morgan fingerprint density at radius 1 is 1.07 bits per heavy atom. The summed E-state index contributed by atoms with van der Waals surface area (Å²) >= 11 is 0. The van der Waals surface area contributed by atoms with Crippen molar-refractivity contribution in [3.8, 4) is 11.1 Å². The number of carbonyl (C=O) groups excluding carboxylic acids is 2. The van der Waals surface area contributed by atoms with E-state index < -0.39 is 9.84 Å². The number of Topliss-reactive ketones (excluding diaryl/α,β-unsaturated/α-hetero) is 1. The van der Waals surface area contributed by atoms with E-state index >= 15 is 0 Å². The molecule has 1 N–H and O–H groups in total. The lowest BCUT2D eigenvalue weighted by molar-refractivity contribution is 0.101. The molecule has 27 heavy (non-hydrogen) atoms. The molecule has 1 saturated heterocycles. The summed E-state index contributed by atoms with van der Waals surface area (Å²) in [5.41, 5.74) is 3.14. The van der Waals surface area contributed by atoms with E-state index in [1.54, 1.807) is 25.2 Å². The van der Waals surface area contributed by atoms with Gasteiger partial charge >= 0.3 is 6.03 Å². The van der Waals surface area contributed by atoms with Gasteiger partial charge in [0.25, 0.3) is 0 Å². The lowest BCUT2D eigenvalue weighted by Crippen LogP contribution is -2.40. The molecule has 0 radical (unpaired) electrons. The van der Waals surface area contributed by atoms with Crippen molar-refractivity contribution in [3.05, 3.63) is 54.1 Å². The first-order valence-electron chi connectivity index (χ1n) is 8.71. The molecule has 1 atom stereocenters. The average Bonchev–Trinajstić information content (AvgIpc) is 3.01. The molecule has 0 aromatic heterocycles. The number of carbonyl (C=O) groups is 2. The minimum absolute atomic E-state index is 0.0118. The quantitative estimate of drug-likeness (QED) is 0.818. The second-order valence-electron chi connectivity index (χ2n) is 6.81. The van der Waals surface area contributed by atoms with Crippen molar-refractivity contribution in [1.82, 2.24) is 4.90 Å². The highest BCUT2D eigenvalue weighted by molar-refractivity contribution is 7.91. The molecular formula is C20H22N2O4S. The minimum Gasteiger partial charge on any atom is -0.324 e. The van der Waals surface area contributed by atoms with E-state index in [-0.39, 0.29) is 29.4 Å². The predicted molar refractivity (Wildman–Crippen MR) is 106 cm³/mol. The minimum atomic E-state index is -3.04. The zero-order valence-corrected chi connectivity index (χ0v) is 16.1. The SMILES string of the molecule is CC(=O)c1cccc(-c2ccc(NC(=O)N(C)C3CCS(=O)(=O)C3)cc2)c1. The molecule has 142 valence electrons. The van der Waals surface area contributed by atoms with Gasteiger partial charge in [-0.2, -0.15) is 0 Å². The van der Waals surface area contributed by atoms with Gasteiger partial charge in [0.2, 0.25) is 0 Å². The third-order valence-electron chi connectivity index (χ3n) is 4.82. The van der Waals surface area contributed by atoms with Crippen LogP contribution in [0.25, 0.3) is 11.1 Å². The van der Waals surface area contributed by atoms with Gasteiger partial charge in [0, 0.05) is 24.3 Å². The monoisotopic (exact) mass is 386 g/mol. The summed E-state index contributed by atoms with van der Waals surface area (Å²) in [5.74, 6) is 0.156. The maximum Gasteiger partial charge on any atom is 0.321 e. The molecule has 1 heterocycles. The number of anilines is 1. The van der Waals surface area contributed by atoms with Gasteiger partial charge < -0.3 is 10.2 Å². The van der Waals surface area contributed by atoms with Crippen molar-refractivity contribution < 1.29 is 18.0 Å². The fourth-order valence-corrected chi connectivity index (χ4v) is 4.90. The molecule has 1 fully saturated rings. The highest BCUT2D eigenvalue weighted by atomic mass is 32.2.